The molecule has 1 heterocycles. The Bertz CT molecular complexity index is 737. The number of nitrogens with one attached hydrogen (secondary N) is 1. The van der Waals surface area contributed by atoms with Crippen LogP contribution in [0.1, 0.15) is 16.6 Å². The average molecular weight is 337 g/mol. The number of fused-ring (bicyclic) bond motifs is 1. The van der Waals surface area contributed by atoms with E-state index in [1.54, 1.807) is 11.3 Å². The number of aromatic nitrogens is 1. The number of nitrogens with zero attached hydrogens (tertiary/aromatic N) is 1. The molecule has 0 fully saturated rings. The molecule has 3 aromatic rings. The largest absolute Gasteiger partial charge is 0.311 e. The lowest BCUT2D eigenvalue weighted by Crippen LogP contribution is -2.18. The predicted octanol–water partition coefficient (Wildman–Crippen LogP) is 5.11. The van der Waals surface area contributed by atoms with Gasteiger partial charge in [-0.05, 0) is 43.3 Å². The number of hydrogen-bond donors (Lipinski definition) is 1. The summed E-state index contributed by atoms with van der Waals surface area (Å²) in [5.41, 5.74) is 2.19. The average Bonchev–Trinajstić information content (AvgIpc) is 2.92. The van der Waals surface area contributed by atoms with Gasteiger partial charge in [-0.1, -0.05) is 41.4 Å². The zero-order chi connectivity index (χ0) is 14.8. The minimum absolute atomic E-state index is 0.166. The molecule has 108 valence electrons. The van der Waals surface area contributed by atoms with Crippen molar-refractivity contribution in [3.63, 3.8) is 0 Å². The lowest BCUT2D eigenvalue weighted by molar-refractivity contribution is 0.589. The van der Waals surface area contributed by atoms with E-state index in [2.05, 4.69) is 11.4 Å². The Morgan fingerprint density at radius 2 is 1.95 bits per heavy atom. The SMILES string of the molecule is CNC(Cc1ccc(Cl)c(Cl)c1)c1nc2ccccc2s1. The molecule has 0 radical (unpaired) electrons. The second-order valence-electron chi connectivity index (χ2n) is 4.81. The molecule has 0 aliphatic rings. The van der Waals surface area contributed by atoms with Gasteiger partial charge >= 0.3 is 0 Å². The highest BCUT2D eigenvalue weighted by Crippen LogP contribution is 2.29. The van der Waals surface area contributed by atoms with E-state index >= 15 is 0 Å². The van der Waals surface area contributed by atoms with E-state index in [1.165, 1.54) is 4.70 Å². The normalized spacial score (nSPS) is 12.7. The van der Waals surface area contributed by atoms with Crippen molar-refractivity contribution in [2.75, 3.05) is 7.05 Å². The Morgan fingerprint density at radius 3 is 2.67 bits per heavy atom. The molecular formula is C16H14Cl2N2S. The first-order chi connectivity index (χ1) is 10.2. The summed E-state index contributed by atoms with van der Waals surface area (Å²) in [6, 6.07) is 14.1. The Morgan fingerprint density at radius 1 is 1.14 bits per heavy atom. The zero-order valence-corrected chi connectivity index (χ0v) is 13.8. The third-order valence-electron chi connectivity index (χ3n) is 3.38. The van der Waals surface area contributed by atoms with Gasteiger partial charge in [-0.25, -0.2) is 4.98 Å². The van der Waals surface area contributed by atoms with Crippen LogP contribution in [0.25, 0.3) is 10.2 Å². The number of benzene rings is 2. The van der Waals surface area contributed by atoms with Gasteiger partial charge in [-0.15, -0.1) is 11.3 Å². The molecular weight excluding hydrogens is 323 g/mol. The summed E-state index contributed by atoms with van der Waals surface area (Å²) in [4.78, 5) is 4.72. The topological polar surface area (TPSA) is 24.9 Å². The van der Waals surface area contributed by atoms with Gasteiger partial charge in [0.25, 0.3) is 0 Å². The molecule has 1 unspecified atom stereocenters. The molecule has 1 N–H and O–H groups in total. The van der Waals surface area contributed by atoms with Crippen LogP contribution in [0.15, 0.2) is 42.5 Å². The van der Waals surface area contributed by atoms with E-state index in [4.69, 9.17) is 28.2 Å². The Labute approximate surface area is 137 Å². The van der Waals surface area contributed by atoms with Crippen LogP contribution in [0.3, 0.4) is 0 Å². The van der Waals surface area contributed by atoms with Crippen LogP contribution in [0.5, 0.6) is 0 Å². The quantitative estimate of drug-likeness (QED) is 0.716. The predicted molar refractivity (Wildman–Crippen MR) is 91.6 cm³/mol. The van der Waals surface area contributed by atoms with Crippen molar-refractivity contribution in [1.82, 2.24) is 10.3 Å². The van der Waals surface area contributed by atoms with Crippen LogP contribution in [0.2, 0.25) is 10.0 Å². The molecule has 1 aromatic heterocycles. The fraction of sp³-hybridized carbons (Fsp3) is 0.188. The summed E-state index contributed by atoms with van der Waals surface area (Å²) in [6.45, 7) is 0. The van der Waals surface area contributed by atoms with Gasteiger partial charge in [-0.3, -0.25) is 0 Å². The minimum Gasteiger partial charge on any atom is -0.311 e. The second-order valence-corrected chi connectivity index (χ2v) is 6.69. The Kier molecular flexibility index (Phi) is 4.45. The summed E-state index contributed by atoms with van der Waals surface area (Å²) in [5.74, 6) is 0. The van der Waals surface area contributed by atoms with E-state index in [-0.39, 0.29) is 6.04 Å². The van der Waals surface area contributed by atoms with Crippen molar-refractivity contribution in [2.24, 2.45) is 0 Å². The summed E-state index contributed by atoms with van der Waals surface area (Å²) in [6.07, 6.45) is 0.827. The molecule has 0 saturated carbocycles. The first kappa shape index (κ1) is 14.8. The van der Waals surface area contributed by atoms with Crippen LogP contribution in [-0.2, 0) is 6.42 Å². The van der Waals surface area contributed by atoms with E-state index in [1.807, 2.05) is 43.4 Å². The fourth-order valence-corrected chi connectivity index (χ4v) is 3.65. The third-order valence-corrected chi connectivity index (χ3v) is 5.27. The highest BCUT2D eigenvalue weighted by molar-refractivity contribution is 7.18. The maximum absolute atomic E-state index is 6.09. The standard InChI is InChI=1S/C16H14Cl2N2S/c1-19-14(9-10-6-7-11(17)12(18)8-10)16-20-13-4-2-3-5-15(13)21-16/h2-8,14,19H,9H2,1H3. The molecule has 0 aliphatic heterocycles. The van der Waals surface area contributed by atoms with Crippen LogP contribution in [0.4, 0.5) is 0 Å². The van der Waals surface area contributed by atoms with Gasteiger partial charge in [0.15, 0.2) is 0 Å². The van der Waals surface area contributed by atoms with Crippen molar-refractivity contribution in [3.8, 4) is 0 Å². The van der Waals surface area contributed by atoms with Crippen LogP contribution in [-0.4, -0.2) is 12.0 Å². The highest BCUT2D eigenvalue weighted by Gasteiger charge is 2.15. The monoisotopic (exact) mass is 336 g/mol. The summed E-state index contributed by atoms with van der Waals surface area (Å²) in [5, 5.41) is 5.60. The van der Waals surface area contributed by atoms with Gasteiger partial charge in [-0.2, -0.15) is 0 Å². The van der Waals surface area contributed by atoms with Gasteiger partial charge in [0.05, 0.1) is 26.3 Å². The molecule has 0 saturated heterocycles. The van der Waals surface area contributed by atoms with E-state index < -0.39 is 0 Å². The lowest BCUT2D eigenvalue weighted by Gasteiger charge is -2.13. The van der Waals surface area contributed by atoms with Crippen molar-refractivity contribution < 1.29 is 0 Å². The van der Waals surface area contributed by atoms with Gasteiger partial charge in [0, 0.05) is 0 Å². The number of halogens is 2. The lowest BCUT2D eigenvalue weighted by atomic mass is 10.1. The Balaban J connectivity index is 1.88. The molecule has 0 amide bonds. The van der Waals surface area contributed by atoms with Crippen molar-refractivity contribution in [3.05, 3.63) is 63.1 Å². The van der Waals surface area contributed by atoms with Crippen LogP contribution >= 0.6 is 34.5 Å². The van der Waals surface area contributed by atoms with E-state index in [0.29, 0.717) is 10.0 Å². The molecule has 2 aromatic carbocycles. The first-order valence-corrected chi connectivity index (χ1v) is 8.21. The molecule has 0 spiro atoms. The van der Waals surface area contributed by atoms with Crippen molar-refractivity contribution in [2.45, 2.75) is 12.5 Å². The smallest absolute Gasteiger partial charge is 0.111 e. The number of thiazole rings is 1. The molecule has 1 atom stereocenters. The third kappa shape index (κ3) is 3.22. The van der Waals surface area contributed by atoms with Crippen LogP contribution in [0, 0.1) is 0 Å². The van der Waals surface area contributed by atoms with Gasteiger partial charge in [0.1, 0.15) is 5.01 Å². The van der Waals surface area contributed by atoms with Gasteiger partial charge < -0.3 is 5.32 Å². The molecule has 0 aliphatic carbocycles. The number of rotatable bonds is 4. The fourth-order valence-electron chi connectivity index (χ4n) is 2.25. The molecule has 2 nitrogen and oxygen atoms in total. The van der Waals surface area contributed by atoms with E-state index in [9.17, 15) is 0 Å². The van der Waals surface area contributed by atoms with Crippen molar-refractivity contribution in [1.29, 1.82) is 0 Å². The number of hydrogen-bond acceptors (Lipinski definition) is 3. The Hall–Kier alpha value is -1.13. The van der Waals surface area contributed by atoms with Crippen molar-refractivity contribution >= 4 is 44.8 Å². The molecule has 21 heavy (non-hydrogen) atoms. The minimum atomic E-state index is 0.166. The van der Waals surface area contributed by atoms with E-state index in [0.717, 1.165) is 22.5 Å². The summed E-state index contributed by atoms with van der Waals surface area (Å²) in [7, 11) is 1.95. The first-order valence-electron chi connectivity index (χ1n) is 6.64. The molecule has 5 heteroatoms. The maximum atomic E-state index is 6.09. The summed E-state index contributed by atoms with van der Waals surface area (Å²) < 4.78 is 1.21. The molecule has 3 rings (SSSR count). The maximum Gasteiger partial charge on any atom is 0.111 e. The van der Waals surface area contributed by atoms with Gasteiger partial charge in [0.2, 0.25) is 0 Å². The number of para-hydroxylation sites is 1. The highest BCUT2D eigenvalue weighted by atomic mass is 35.5. The zero-order valence-electron chi connectivity index (χ0n) is 11.4. The van der Waals surface area contributed by atoms with Crippen LogP contribution < -0.4 is 5.32 Å². The number of likely N-dealkylation sites (N-methyl/N-ethyl adjacent to an activating group) is 1. The molecule has 0 bridgehead atoms. The summed E-state index contributed by atoms with van der Waals surface area (Å²) >= 11 is 13.8. The second kappa shape index (κ2) is 6.32.